The molecule has 1 aromatic heterocycles. The number of nitrogens with two attached hydrogens (primary N) is 1. The number of hydrogen-bond donors (Lipinski definition) is 2. The van der Waals surface area contributed by atoms with Crippen molar-refractivity contribution in [1.29, 1.82) is 0 Å². The van der Waals surface area contributed by atoms with Crippen molar-refractivity contribution in [2.75, 3.05) is 5.75 Å². The monoisotopic (exact) mass is 303 g/mol. The van der Waals surface area contributed by atoms with Gasteiger partial charge in [0.15, 0.2) is 5.16 Å². The smallest absolute Gasteiger partial charge is 0.251 e. The zero-order valence-electron chi connectivity index (χ0n) is 12.4. The zero-order valence-corrected chi connectivity index (χ0v) is 13.2. The molecule has 1 aromatic carbocycles. The van der Waals surface area contributed by atoms with E-state index < -0.39 is 0 Å². The van der Waals surface area contributed by atoms with Crippen LogP contribution in [0.5, 0.6) is 0 Å². The number of nitrogens with one attached hydrogen (secondary N) is 1. The molecule has 2 rings (SSSR count). The van der Waals surface area contributed by atoms with Crippen LogP contribution in [-0.4, -0.2) is 15.7 Å². The Balaban J connectivity index is 2.06. The Morgan fingerprint density at radius 1 is 1.38 bits per heavy atom. The van der Waals surface area contributed by atoms with Gasteiger partial charge in [0, 0.05) is 23.6 Å². The van der Waals surface area contributed by atoms with Gasteiger partial charge in [-0.3, -0.25) is 4.79 Å². The van der Waals surface area contributed by atoms with Gasteiger partial charge in [0.25, 0.3) is 5.56 Å². The Hall–Kier alpha value is -1.59. The van der Waals surface area contributed by atoms with E-state index in [1.54, 1.807) is 6.07 Å². The molecule has 1 atom stereocenters. The highest BCUT2D eigenvalue weighted by Gasteiger charge is 2.10. The van der Waals surface area contributed by atoms with E-state index in [0.29, 0.717) is 10.9 Å². The third-order valence-electron chi connectivity index (χ3n) is 3.27. The average molecular weight is 303 g/mol. The van der Waals surface area contributed by atoms with E-state index in [9.17, 15) is 4.79 Å². The van der Waals surface area contributed by atoms with Gasteiger partial charge in [0.05, 0.1) is 0 Å². The lowest BCUT2D eigenvalue weighted by Crippen LogP contribution is -2.16. The highest BCUT2D eigenvalue weighted by Crippen LogP contribution is 2.22. The lowest BCUT2D eigenvalue weighted by molar-refractivity contribution is 0.800. The predicted molar refractivity (Wildman–Crippen MR) is 87.7 cm³/mol. The summed E-state index contributed by atoms with van der Waals surface area (Å²) in [4.78, 5) is 18.8. The fourth-order valence-electron chi connectivity index (χ4n) is 2.20. The van der Waals surface area contributed by atoms with Crippen molar-refractivity contribution in [2.24, 2.45) is 5.73 Å². The van der Waals surface area contributed by atoms with Gasteiger partial charge in [0.1, 0.15) is 0 Å². The van der Waals surface area contributed by atoms with Gasteiger partial charge in [-0.05, 0) is 24.5 Å². The number of nitrogens with zero attached hydrogens (tertiary/aromatic N) is 1. The molecule has 5 heteroatoms. The molecule has 0 aliphatic carbocycles. The van der Waals surface area contributed by atoms with Crippen molar-refractivity contribution in [3.63, 3.8) is 0 Å². The van der Waals surface area contributed by atoms with Crippen molar-refractivity contribution < 1.29 is 0 Å². The van der Waals surface area contributed by atoms with Crippen molar-refractivity contribution in [1.82, 2.24) is 9.97 Å². The molecule has 3 N–H and O–H groups in total. The maximum Gasteiger partial charge on any atom is 0.251 e. The number of hydrogen-bond acceptors (Lipinski definition) is 4. The van der Waals surface area contributed by atoms with Crippen LogP contribution in [0.2, 0.25) is 0 Å². The molecule has 0 bridgehead atoms. The fraction of sp³-hybridized carbons (Fsp3) is 0.375. The second-order valence-corrected chi connectivity index (χ2v) is 6.07. The van der Waals surface area contributed by atoms with Gasteiger partial charge in [0.2, 0.25) is 0 Å². The number of H-pyrrole nitrogens is 1. The van der Waals surface area contributed by atoms with Crippen LogP contribution in [-0.2, 0) is 6.42 Å². The van der Waals surface area contributed by atoms with E-state index in [2.05, 4.69) is 29.9 Å². The summed E-state index contributed by atoms with van der Waals surface area (Å²) in [7, 11) is 0. The van der Waals surface area contributed by atoms with Crippen molar-refractivity contribution in [2.45, 2.75) is 37.9 Å². The summed E-state index contributed by atoms with van der Waals surface area (Å²) in [5.41, 5.74) is 9.30. The molecule has 0 fully saturated rings. The largest absolute Gasteiger partial charge is 0.323 e. The topological polar surface area (TPSA) is 71.8 Å². The number of rotatable bonds is 6. The number of aromatic amines is 1. The fourth-order valence-corrected chi connectivity index (χ4v) is 3.07. The van der Waals surface area contributed by atoms with E-state index in [4.69, 9.17) is 5.73 Å². The normalized spacial score (nSPS) is 12.3. The Bertz CT molecular complexity index is 654. The predicted octanol–water partition coefficient (Wildman–Crippen LogP) is 2.82. The first-order valence-electron chi connectivity index (χ1n) is 7.14. The van der Waals surface area contributed by atoms with Gasteiger partial charge in [-0.2, -0.15) is 0 Å². The van der Waals surface area contributed by atoms with Crippen LogP contribution in [0.15, 0.2) is 40.3 Å². The number of aromatic nitrogens is 2. The molecule has 21 heavy (non-hydrogen) atoms. The SMILES string of the molecule is CCCc1cc(=O)[nH]c(SCC(N)c2ccccc2C)n1. The van der Waals surface area contributed by atoms with Gasteiger partial charge in [-0.15, -0.1) is 0 Å². The summed E-state index contributed by atoms with van der Waals surface area (Å²) >= 11 is 1.49. The lowest BCUT2D eigenvalue weighted by atomic mass is 10.0. The minimum absolute atomic E-state index is 0.0728. The van der Waals surface area contributed by atoms with E-state index in [1.807, 2.05) is 18.2 Å². The summed E-state index contributed by atoms with van der Waals surface area (Å²) in [6, 6.07) is 9.60. The molecule has 0 saturated heterocycles. The quantitative estimate of drug-likeness (QED) is 0.636. The molecular formula is C16H21N3OS. The second-order valence-electron chi connectivity index (χ2n) is 5.07. The zero-order chi connectivity index (χ0) is 15.2. The van der Waals surface area contributed by atoms with Crippen LogP contribution in [0.3, 0.4) is 0 Å². The van der Waals surface area contributed by atoms with Crippen molar-refractivity contribution in [3.8, 4) is 0 Å². The molecule has 0 aliphatic rings. The van der Waals surface area contributed by atoms with Gasteiger partial charge >= 0.3 is 0 Å². The van der Waals surface area contributed by atoms with Crippen LogP contribution in [0.25, 0.3) is 0 Å². The molecular weight excluding hydrogens is 282 g/mol. The first-order valence-corrected chi connectivity index (χ1v) is 8.13. The van der Waals surface area contributed by atoms with Crippen LogP contribution in [0.1, 0.15) is 36.2 Å². The van der Waals surface area contributed by atoms with Crippen LogP contribution < -0.4 is 11.3 Å². The Labute approximate surface area is 129 Å². The highest BCUT2D eigenvalue weighted by atomic mass is 32.2. The second kappa shape index (κ2) is 7.43. The molecule has 0 amide bonds. The molecule has 0 aliphatic heterocycles. The third kappa shape index (κ3) is 4.44. The first-order chi connectivity index (χ1) is 10.1. The van der Waals surface area contributed by atoms with E-state index >= 15 is 0 Å². The van der Waals surface area contributed by atoms with E-state index in [-0.39, 0.29) is 11.6 Å². The number of thioether (sulfide) groups is 1. The van der Waals surface area contributed by atoms with Crippen LogP contribution in [0, 0.1) is 6.92 Å². The highest BCUT2D eigenvalue weighted by molar-refractivity contribution is 7.99. The summed E-state index contributed by atoms with van der Waals surface area (Å²) in [6.45, 7) is 4.13. The van der Waals surface area contributed by atoms with Crippen molar-refractivity contribution >= 4 is 11.8 Å². The number of benzene rings is 1. The summed E-state index contributed by atoms with van der Waals surface area (Å²) in [5.74, 6) is 0.684. The van der Waals surface area contributed by atoms with E-state index in [0.717, 1.165) is 24.1 Å². The molecule has 0 spiro atoms. The summed E-state index contributed by atoms with van der Waals surface area (Å²) in [6.07, 6.45) is 1.80. The maximum atomic E-state index is 11.6. The summed E-state index contributed by atoms with van der Waals surface area (Å²) in [5, 5.41) is 0.648. The third-order valence-corrected chi connectivity index (χ3v) is 4.26. The van der Waals surface area contributed by atoms with Crippen LogP contribution >= 0.6 is 11.8 Å². The molecule has 4 nitrogen and oxygen atoms in total. The molecule has 0 saturated carbocycles. The minimum atomic E-state index is -0.0968. The number of aryl methyl sites for hydroxylation is 2. The van der Waals surface area contributed by atoms with Crippen LogP contribution in [0.4, 0.5) is 0 Å². The van der Waals surface area contributed by atoms with E-state index in [1.165, 1.54) is 17.3 Å². The minimum Gasteiger partial charge on any atom is -0.323 e. The summed E-state index contributed by atoms with van der Waals surface area (Å²) < 4.78 is 0. The Kier molecular flexibility index (Phi) is 5.59. The lowest BCUT2D eigenvalue weighted by Gasteiger charge is -2.14. The maximum absolute atomic E-state index is 11.6. The van der Waals surface area contributed by atoms with Gasteiger partial charge < -0.3 is 10.7 Å². The Morgan fingerprint density at radius 3 is 2.86 bits per heavy atom. The molecule has 2 aromatic rings. The Morgan fingerprint density at radius 2 is 2.14 bits per heavy atom. The molecule has 0 radical (unpaired) electrons. The molecule has 1 heterocycles. The van der Waals surface area contributed by atoms with Gasteiger partial charge in [-0.25, -0.2) is 4.98 Å². The first kappa shape index (κ1) is 15.8. The standard InChI is InChI=1S/C16H21N3OS/c1-3-6-12-9-15(20)19-16(18-12)21-10-14(17)13-8-5-4-7-11(13)2/h4-5,7-9,14H,3,6,10,17H2,1-2H3,(H,18,19,20). The average Bonchev–Trinajstić information content (AvgIpc) is 2.45. The molecule has 112 valence electrons. The van der Waals surface area contributed by atoms with Gasteiger partial charge in [-0.1, -0.05) is 49.4 Å². The van der Waals surface area contributed by atoms with Crippen molar-refractivity contribution in [3.05, 3.63) is 57.5 Å². The molecule has 1 unspecified atom stereocenters.